The van der Waals surface area contributed by atoms with Crippen LogP contribution in [-0.4, -0.2) is 58.1 Å². The Kier molecular flexibility index (Phi) is 7.28. The molecule has 2 fully saturated rings. The fourth-order valence-electron chi connectivity index (χ4n) is 6.46. The molecule has 1 saturated heterocycles. The minimum absolute atomic E-state index is 0.0274. The third-order valence-corrected chi connectivity index (χ3v) is 9.00. The number of imidazole rings is 1. The fourth-order valence-corrected chi connectivity index (χ4v) is 6.46. The molecular weight excluding hydrogens is 582 g/mol. The number of methoxy groups -OCH3 is 1. The largest absolute Gasteiger partial charge is 0.456 e. The van der Waals surface area contributed by atoms with Crippen molar-refractivity contribution in [2.75, 3.05) is 13.7 Å². The van der Waals surface area contributed by atoms with Gasteiger partial charge < -0.3 is 24.7 Å². The lowest BCUT2D eigenvalue weighted by molar-refractivity contribution is -0.135. The number of carbonyl (C=O) groups excluding carboxylic acids is 3. The molecule has 1 aliphatic heterocycles. The quantitative estimate of drug-likeness (QED) is 0.301. The second kappa shape index (κ2) is 10.7. The number of esters is 1. The number of hydrogen-bond donors (Lipinski definition) is 2. The van der Waals surface area contributed by atoms with Crippen molar-refractivity contribution < 1.29 is 32.6 Å². The number of nitrogens with zero attached hydrogens (tertiary/aromatic N) is 2. The number of alkyl carbamates (subject to hydrolysis) is 1. The molecule has 2 aromatic carbocycles. The van der Waals surface area contributed by atoms with Crippen LogP contribution in [0, 0.1) is 11.3 Å². The Morgan fingerprint density at radius 3 is 2.36 bits per heavy atom. The van der Waals surface area contributed by atoms with Crippen molar-refractivity contribution in [1.29, 1.82) is 0 Å². The Balaban J connectivity index is 1.28. The van der Waals surface area contributed by atoms with Gasteiger partial charge in [-0.15, -0.1) is 0 Å². The Bertz CT molecular complexity index is 1690. The number of likely N-dealkylation sites (tertiary alicyclic amines) is 1. The molecule has 2 atom stereocenters. The Labute approximate surface area is 260 Å². The summed E-state index contributed by atoms with van der Waals surface area (Å²) in [7, 11) is 1.26. The van der Waals surface area contributed by atoms with E-state index >= 15 is 8.78 Å². The highest BCUT2D eigenvalue weighted by atomic mass is 19.3. The molecule has 2 N–H and O–H groups in total. The summed E-state index contributed by atoms with van der Waals surface area (Å²) in [5, 5.41) is 2.67. The topological polar surface area (TPSA) is 114 Å². The van der Waals surface area contributed by atoms with E-state index in [0.717, 1.165) is 19.3 Å². The summed E-state index contributed by atoms with van der Waals surface area (Å²) in [6.07, 6.45) is 3.68. The SMILES string of the molecule is COC(=O)N[C@H](C(=O)N1CC2(CC2)C[C@H]1c1ncc(-c2ccc3c(c2)C(F)(F)c2cc(C(=O)OC(C)(C)C)ccc2-3)[nH]1)C(C)C. The van der Waals surface area contributed by atoms with Crippen molar-refractivity contribution in [1.82, 2.24) is 20.2 Å². The van der Waals surface area contributed by atoms with Gasteiger partial charge in [-0.1, -0.05) is 32.0 Å². The van der Waals surface area contributed by atoms with Crippen molar-refractivity contribution in [3.8, 4) is 22.4 Å². The van der Waals surface area contributed by atoms with E-state index < -0.39 is 29.6 Å². The molecule has 0 bridgehead atoms. The van der Waals surface area contributed by atoms with E-state index in [0.29, 0.717) is 34.8 Å². The molecule has 1 saturated carbocycles. The van der Waals surface area contributed by atoms with Crippen LogP contribution in [0.5, 0.6) is 0 Å². The van der Waals surface area contributed by atoms with E-state index in [-0.39, 0.29) is 40.0 Å². The number of ether oxygens (including phenoxy) is 2. The van der Waals surface area contributed by atoms with E-state index in [1.807, 2.05) is 13.8 Å². The smallest absolute Gasteiger partial charge is 0.407 e. The van der Waals surface area contributed by atoms with Gasteiger partial charge in [0, 0.05) is 23.2 Å². The van der Waals surface area contributed by atoms with Gasteiger partial charge in [0.05, 0.1) is 30.6 Å². The molecule has 1 spiro atoms. The van der Waals surface area contributed by atoms with E-state index in [2.05, 4.69) is 15.3 Å². The third kappa shape index (κ3) is 5.57. The summed E-state index contributed by atoms with van der Waals surface area (Å²) in [5.41, 5.74) is 0.791. The number of benzene rings is 2. The van der Waals surface area contributed by atoms with Gasteiger partial charge in [0.15, 0.2) is 0 Å². The Morgan fingerprint density at radius 2 is 1.73 bits per heavy atom. The Morgan fingerprint density at radius 1 is 1.07 bits per heavy atom. The summed E-state index contributed by atoms with van der Waals surface area (Å²) >= 11 is 0. The van der Waals surface area contributed by atoms with Crippen LogP contribution in [0.2, 0.25) is 0 Å². The molecule has 3 aromatic rings. The molecule has 2 amide bonds. The summed E-state index contributed by atoms with van der Waals surface area (Å²) in [5.74, 6) is -3.79. The maximum atomic E-state index is 15.9. The van der Waals surface area contributed by atoms with Gasteiger partial charge in [-0.25, -0.2) is 14.6 Å². The second-order valence-electron chi connectivity index (χ2n) is 13.8. The average Bonchev–Trinajstić information content (AvgIpc) is 3.30. The van der Waals surface area contributed by atoms with Crippen LogP contribution in [0.15, 0.2) is 42.6 Å². The normalized spacial score (nSPS) is 19.7. The van der Waals surface area contributed by atoms with Gasteiger partial charge in [0.2, 0.25) is 5.91 Å². The maximum Gasteiger partial charge on any atom is 0.407 e. The van der Waals surface area contributed by atoms with Gasteiger partial charge in [-0.3, -0.25) is 4.79 Å². The zero-order valence-electron chi connectivity index (χ0n) is 26.3. The average molecular weight is 621 g/mol. The number of aromatic amines is 1. The maximum absolute atomic E-state index is 15.9. The molecule has 9 nitrogen and oxygen atoms in total. The number of hydrogen-bond acceptors (Lipinski definition) is 6. The van der Waals surface area contributed by atoms with Gasteiger partial charge >= 0.3 is 12.1 Å². The van der Waals surface area contributed by atoms with Gasteiger partial charge in [-0.05, 0) is 80.7 Å². The number of rotatable bonds is 6. The first kappa shape index (κ1) is 30.7. The molecule has 2 aliphatic carbocycles. The van der Waals surface area contributed by atoms with Crippen LogP contribution >= 0.6 is 0 Å². The Hall–Kier alpha value is -4.28. The zero-order chi connectivity index (χ0) is 32.5. The first-order valence-electron chi connectivity index (χ1n) is 15.2. The standard InChI is InChI=1S/C34H38F2N4O5/c1-18(2)27(39-31(43)44-6)29(41)40-17-33(11-12-33)15-26(40)28-37-16-25(38-28)19-7-9-21-22-10-8-20(30(42)45-32(3,4)5)14-24(22)34(35,36)23(21)13-19/h7-10,13-14,16,18,26-27H,11-12,15,17H2,1-6H3,(H,37,38)(H,39,43)/t26-,27-/m0/s1. The van der Waals surface area contributed by atoms with Gasteiger partial charge in [-0.2, -0.15) is 8.78 Å². The summed E-state index contributed by atoms with van der Waals surface area (Å²) in [6.45, 7) is 9.46. The monoisotopic (exact) mass is 620 g/mol. The summed E-state index contributed by atoms with van der Waals surface area (Å²) < 4.78 is 41.9. The van der Waals surface area contributed by atoms with E-state index in [1.165, 1.54) is 25.3 Å². The van der Waals surface area contributed by atoms with E-state index in [9.17, 15) is 14.4 Å². The zero-order valence-corrected chi connectivity index (χ0v) is 26.3. The molecule has 3 aliphatic rings. The first-order valence-corrected chi connectivity index (χ1v) is 15.2. The highest BCUT2D eigenvalue weighted by Gasteiger charge is 2.55. The number of aromatic nitrogens is 2. The molecule has 238 valence electrons. The minimum Gasteiger partial charge on any atom is -0.456 e. The number of amides is 2. The number of nitrogens with one attached hydrogen (secondary N) is 2. The predicted octanol–water partition coefficient (Wildman–Crippen LogP) is 6.59. The van der Waals surface area contributed by atoms with E-state index in [1.54, 1.807) is 50.1 Å². The number of H-pyrrole nitrogens is 1. The van der Waals surface area contributed by atoms with Crippen LogP contribution in [0.4, 0.5) is 13.6 Å². The van der Waals surface area contributed by atoms with Crippen molar-refractivity contribution in [2.45, 2.75) is 77.5 Å². The van der Waals surface area contributed by atoms with Crippen molar-refractivity contribution >= 4 is 18.0 Å². The second-order valence-corrected chi connectivity index (χ2v) is 13.8. The number of alkyl halides is 2. The molecule has 2 heterocycles. The van der Waals surface area contributed by atoms with Gasteiger partial charge in [0.25, 0.3) is 5.92 Å². The third-order valence-electron chi connectivity index (χ3n) is 9.00. The van der Waals surface area contributed by atoms with Crippen LogP contribution in [0.1, 0.15) is 87.2 Å². The fraction of sp³-hybridized carbons (Fsp3) is 0.471. The molecule has 11 heteroatoms. The highest BCUT2D eigenvalue weighted by Crippen LogP contribution is 2.58. The van der Waals surface area contributed by atoms with Crippen LogP contribution in [0.25, 0.3) is 22.4 Å². The minimum atomic E-state index is -3.33. The summed E-state index contributed by atoms with van der Waals surface area (Å²) in [4.78, 5) is 48.1. The molecule has 0 unspecified atom stereocenters. The van der Waals surface area contributed by atoms with E-state index in [4.69, 9.17) is 9.47 Å². The molecule has 45 heavy (non-hydrogen) atoms. The first-order chi connectivity index (χ1) is 21.1. The van der Waals surface area contributed by atoms with Crippen LogP contribution < -0.4 is 5.32 Å². The van der Waals surface area contributed by atoms with Crippen LogP contribution in [-0.2, 0) is 20.2 Å². The highest BCUT2D eigenvalue weighted by molar-refractivity contribution is 5.93. The molecule has 1 aromatic heterocycles. The number of fused-ring (bicyclic) bond motifs is 3. The van der Waals surface area contributed by atoms with Crippen molar-refractivity contribution in [3.05, 3.63) is 65.1 Å². The predicted molar refractivity (Wildman–Crippen MR) is 163 cm³/mol. The van der Waals surface area contributed by atoms with Gasteiger partial charge in [0.1, 0.15) is 17.5 Å². The van der Waals surface area contributed by atoms with Crippen LogP contribution in [0.3, 0.4) is 0 Å². The lowest BCUT2D eigenvalue weighted by Crippen LogP contribution is -2.51. The lowest BCUT2D eigenvalue weighted by atomic mass is 10.0. The molecular formula is C34H38F2N4O5. The number of carbonyl (C=O) groups is 3. The van der Waals surface area contributed by atoms with Crippen molar-refractivity contribution in [2.24, 2.45) is 11.3 Å². The molecule has 6 rings (SSSR count). The number of halogens is 2. The molecule has 0 radical (unpaired) electrons. The summed E-state index contributed by atoms with van der Waals surface area (Å²) in [6, 6.07) is 8.04. The lowest BCUT2D eigenvalue weighted by Gasteiger charge is -2.30. The van der Waals surface area contributed by atoms with Crippen molar-refractivity contribution in [3.63, 3.8) is 0 Å².